The van der Waals surface area contributed by atoms with Gasteiger partial charge in [0, 0.05) is 42.0 Å². The van der Waals surface area contributed by atoms with Crippen LogP contribution in [0.2, 0.25) is 0 Å². The zero-order chi connectivity index (χ0) is 31.7. The average Bonchev–Trinajstić information content (AvgIpc) is 3.79. The summed E-state index contributed by atoms with van der Waals surface area (Å²) < 4.78 is 38.5. The summed E-state index contributed by atoms with van der Waals surface area (Å²) in [6.45, 7) is 3.99. The van der Waals surface area contributed by atoms with E-state index in [-0.39, 0.29) is 54.5 Å². The fourth-order valence-electron chi connectivity index (χ4n) is 8.38. The second-order valence-electron chi connectivity index (χ2n) is 13.3. The number of halogens is 2. The van der Waals surface area contributed by atoms with Crippen LogP contribution in [0.5, 0.6) is 5.88 Å². The van der Waals surface area contributed by atoms with Crippen molar-refractivity contribution >= 4 is 39.0 Å². The van der Waals surface area contributed by atoms with Crippen LogP contribution in [0, 0.1) is 28.9 Å². The molecule has 3 unspecified atom stereocenters. The van der Waals surface area contributed by atoms with Gasteiger partial charge in [0.25, 0.3) is 0 Å². The Kier molecular flexibility index (Phi) is 7.07. The van der Waals surface area contributed by atoms with E-state index < -0.39 is 11.6 Å². The molecule has 1 amide bonds. The summed E-state index contributed by atoms with van der Waals surface area (Å²) >= 11 is 0. The van der Waals surface area contributed by atoms with E-state index in [1.165, 1.54) is 12.1 Å². The van der Waals surface area contributed by atoms with Gasteiger partial charge in [0.15, 0.2) is 5.82 Å². The summed E-state index contributed by atoms with van der Waals surface area (Å²) in [5.41, 5.74) is 2.78. The normalized spacial score (nSPS) is 24.5. The number of rotatable bonds is 7. The second kappa shape index (κ2) is 11.2. The van der Waals surface area contributed by atoms with Crippen LogP contribution < -0.4 is 20.3 Å². The Labute approximate surface area is 266 Å². The molecule has 1 saturated carbocycles. The molecule has 10 heteroatoms. The Morgan fingerprint density at radius 1 is 1.20 bits per heavy atom. The number of amides is 1. The van der Waals surface area contributed by atoms with E-state index in [1.54, 1.807) is 12.1 Å². The number of nitrogens with one attached hydrogen (secondary N) is 2. The lowest BCUT2D eigenvalue weighted by atomic mass is 9.78. The molecule has 8 nitrogen and oxygen atoms in total. The number of pyridine rings is 1. The van der Waals surface area contributed by atoms with E-state index in [4.69, 9.17) is 9.72 Å². The number of aromatic nitrogens is 1. The smallest absolute Gasteiger partial charge is 0.244 e. The first-order valence-electron chi connectivity index (χ1n) is 16.2. The van der Waals surface area contributed by atoms with E-state index in [0.717, 1.165) is 37.7 Å². The number of likely N-dealkylation sites (N-methyl/N-ethyl adjacent to an activating group) is 1. The molecule has 5 atom stereocenters. The first-order valence-corrected chi connectivity index (χ1v) is 16.2. The van der Waals surface area contributed by atoms with Crippen LogP contribution in [0.1, 0.15) is 38.2 Å². The van der Waals surface area contributed by atoms with Crippen molar-refractivity contribution < 1.29 is 18.3 Å². The Hall–Kier alpha value is -4.33. The summed E-state index contributed by atoms with van der Waals surface area (Å²) in [6, 6.07) is 14.6. The van der Waals surface area contributed by atoms with Gasteiger partial charge in [0.1, 0.15) is 23.1 Å². The molecule has 2 bridgehead atoms. The number of nitriles is 1. The lowest BCUT2D eigenvalue weighted by Crippen LogP contribution is -2.58. The number of carbonyl (C=O) groups excluding carboxylic acids is 1. The summed E-state index contributed by atoms with van der Waals surface area (Å²) in [6.07, 6.45) is 3.30. The van der Waals surface area contributed by atoms with Crippen LogP contribution in [0.15, 0.2) is 42.5 Å². The molecule has 4 aromatic rings. The maximum absolute atomic E-state index is 17.4. The zero-order valence-corrected chi connectivity index (χ0v) is 25.9. The van der Waals surface area contributed by atoms with Crippen LogP contribution in [0.25, 0.3) is 32.8 Å². The number of carbonyl (C=O) groups is 1. The SMILES string of the molecule is C[C@H](Oc1nc2c(F)c(-c3cccc4ccc(F)cc34)c(CCC#N)cc2c2c1NC(=O)CN2C1C2CNC1C2)[C@@H]1CCCN1C. The van der Waals surface area contributed by atoms with E-state index in [9.17, 15) is 14.4 Å². The first-order chi connectivity index (χ1) is 22.3. The third-order valence-electron chi connectivity index (χ3n) is 10.6. The summed E-state index contributed by atoms with van der Waals surface area (Å²) in [7, 11) is 2.07. The van der Waals surface area contributed by atoms with Gasteiger partial charge >= 0.3 is 0 Å². The van der Waals surface area contributed by atoms with Crippen molar-refractivity contribution in [2.45, 2.75) is 63.3 Å². The van der Waals surface area contributed by atoms with Gasteiger partial charge in [-0.15, -0.1) is 0 Å². The topological polar surface area (TPSA) is 93.5 Å². The molecular formula is C36H36F2N6O2. The number of nitrogens with zero attached hydrogens (tertiary/aromatic N) is 4. The molecule has 3 saturated heterocycles. The Morgan fingerprint density at radius 3 is 2.80 bits per heavy atom. The van der Waals surface area contributed by atoms with Crippen LogP contribution in [0.4, 0.5) is 20.2 Å². The van der Waals surface area contributed by atoms with E-state index >= 15 is 4.39 Å². The van der Waals surface area contributed by atoms with Gasteiger partial charge in [-0.25, -0.2) is 13.8 Å². The molecule has 5 aliphatic rings. The Bertz CT molecular complexity index is 1930. The summed E-state index contributed by atoms with van der Waals surface area (Å²) in [4.78, 5) is 22.5. The Balaban J connectivity index is 1.39. The molecule has 1 aromatic heterocycles. The lowest BCUT2D eigenvalue weighted by molar-refractivity contribution is -0.115. The lowest BCUT2D eigenvalue weighted by Gasteiger charge is -2.47. The van der Waals surface area contributed by atoms with Crippen molar-refractivity contribution in [1.82, 2.24) is 15.2 Å². The first kappa shape index (κ1) is 29.1. The van der Waals surface area contributed by atoms with Gasteiger partial charge in [-0.3, -0.25) is 9.69 Å². The maximum Gasteiger partial charge on any atom is 0.244 e. The zero-order valence-electron chi connectivity index (χ0n) is 25.9. The van der Waals surface area contributed by atoms with Crippen molar-refractivity contribution in [3.8, 4) is 23.1 Å². The highest BCUT2D eigenvalue weighted by atomic mass is 19.1. The molecule has 0 radical (unpaired) electrons. The molecule has 4 fully saturated rings. The number of likely N-dealkylation sites (tertiary alicyclic amines) is 1. The minimum absolute atomic E-state index is 0.0907. The van der Waals surface area contributed by atoms with Gasteiger partial charge in [0.2, 0.25) is 11.8 Å². The van der Waals surface area contributed by atoms with Crippen LogP contribution >= 0.6 is 0 Å². The number of fused-ring (bicyclic) bond motifs is 5. The minimum Gasteiger partial charge on any atom is -0.471 e. The van der Waals surface area contributed by atoms with Gasteiger partial charge < -0.3 is 20.3 Å². The molecule has 3 aromatic carbocycles. The van der Waals surface area contributed by atoms with Gasteiger partial charge in [0.05, 0.1) is 18.3 Å². The number of hydrogen-bond acceptors (Lipinski definition) is 7. The molecule has 236 valence electrons. The van der Waals surface area contributed by atoms with Crippen LogP contribution in [-0.2, 0) is 11.2 Å². The largest absolute Gasteiger partial charge is 0.471 e. The summed E-state index contributed by atoms with van der Waals surface area (Å²) in [5, 5.41) is 18.1. The van der Waals surface area contributed by atoms with Gasteiger partial charge in [-0.1, -0.05) is 24.3 Å². The number of aryl methyl sites for hydroxylation is 1. The van der Waals surface area contributed by atoms with E-state index in [1.807, 2.05) is 25.1 Å². The highest BCUT2D eigenvalue weighted by molar-refractivity contribution is 6.12. The monoisotopic (exact) mass is 622 g/mol. The number of benzene rings is 3. The predicted molar refractivity (Wildman–Crippen MR) is 174 cm³/mol. The van der Waals surface area contributed by atoms with Crippen molar-refractivity contribution in [3.63, 3.8) is 0 Å². The minimum atomic E-state index is -0.549. The molecule has 5 heterocycles. The molecule has 0 spiro atoms. The van der Waals surface area contributed by atoms with E-state index in [2.05, 4.69) is 33.6 Å². The predicted octanol–water partition coefficient (Wildman–Crippen LogP) is 5.77. The van der Waals surface area contributed by atoms with Crippen molar-refractivity contribution in [3.05, 3.63) is 59.7 Å². The molecule has 46 heavy (non-hydrogen) atoms. The highest BCUT2D eigenvalue weighted by Crippen LogP contribution is 2.50. The van der Waals surface area contributed by atoms with Gasteiger partial charge in [-0.05, 0) is 92.2 Å². The molecule has 9 rings (SSSR count). The maximum atomic E-state index is 17.4. The molecule has 4 aliphatic heterocycles. The third kappa shape index (κ3) is 4.59. The standard InChI is InChI=1S/C36H36F2N6O2/c1-19(28-9-5-13-43(28)2)46-36-33-35(44(18-29(45)41-33)34-22-15-27(34)40-17-22)26-14-21(7-4-12-39)30(31(38)32(26)42-36)24-8-3-6-20-10-11-23(37)16-25(20)24/h3,6,8,10-11,14,16,19,22,27-28,34,40H,4-5,7,9,13,15,17-18H2,1-2H3,(H,41,45)/t19-,22?,27?,28-,34?/m0/s1. The summed E-state index contributed by atoms with van der Waals surface area (Å²) in [5.74, 6) is -0.535. The second-order valence-corrected chi connectivity index (χ2v) is 13.3. The van der Waals surface area contributed by atoms with Crippen molar-refractivity contribution in [1.29, 1.82) is 5.26 Å². The van der Waals surface area contributed by atoms with Crippen molar-refractivity contribution in [2.24, 2.45) is 5.92 Å². The Morgan fingerprint density at radius 2 is 2.07 bits per heavy atom. The number of anilines is 2. The molecule has 1 aliphatic carbocycles. The van der Waals surface area contributed by atoms with Crippen molar-refractivity contribution in [2.75, 3.05) is 36.9 Å². The van der Waals surface area contributed by atoms with Crippen LogP contribution in [0.3, 0.4) is 0 Å². The fourth-order valence-corrected chi connectivity index (χ4v) is 8.38. The molecule has 2 N–H and O–H groups in total. The average molecular weight is 623 g/mol. The third-order valence-corrected chi connectivity index (χ3v) is 10.6. The number of ether oxygens (including phenoxy) is 1. The van der Waals surface area contributed by atoms with Crippen LogP contribution in [-0.4, -0.2) is 66.7 Å². The quantitative estimate of drug-likeness (QED) is 0.270. The van der Waals surface area contributed by atoms with Gasteiger partial charge in [-0.2, -0.15) is 5.26 Å². The van der Waals surface area contributed by atoms with E-state index in [0.29, 0.717) is 51.2 Å². The molecular weight excluding hydrogens is 586 g/mol. The fraction of sp³-hybridized carbons (Fsp3) is 0.417. The number of hydrogen-bond donors (Lipinski definition) is 2. The highest BCUT2D eigenvalue weighted by Gasteiger charge is 2.52.